The molecule has 2 saturated heterocycles. The second kappa shape index (κ2) is 7.38. The number of hydrogen-bond acceptors (Lipinski definition) is 6. The maximum Gasteiger partial charge on any atom is 0.233 e. The highest BCUT2D eigenvalue weighted by Crippen LogP contribution is 2.23. The molecule has 0 spiro atoms. The molecule has 2 atom stereocenters. The lowest BCUT2D eigenvalue weighted by molar-refractivity contribution is -0.130. The first-order chi connectivity index (χ1) is 11.4. The van der Waals surface area contributed by atoms with Gasteiger partial charge in [-0.05, 0) is 12.1 Å². The third-order valence-corrected chi connectivity index (χ3v) is 6.41. The number of carbonyl (C=O) groups is 1. The highest BCUT2D eigenvalue weighted by Gasteiger charge is 2.38. The molecule has 132 valence electrons. The van der Waals surface area contributed by atoms with Crippen LogP contribution in [0, 0.1) is 5.92 Å². The Balaban J connectivity index is 1.67. The van der Waals surface area contributed by atoms with E-state index < -0.39 is 10.0 Å². The van der Waals surface area contributed by atoms with E-state index in [2.05, 4.69) is 4.98 Å². The van der Waals surface area contributed by atoms with E-state index in [-0.39, 0.29) is 17.9 Å². The lowest BCUT2D eigenvalue weighted by atomic mass is 10.1. The quantitative estimate of drug-likeness (QED) is 0.708. The number of ether oxygens (including phenoxy) is 1. The summed E-state index contributed by atoms with van der Waals surface area (Å²) in [6, 6.07) is 5.28. The number of rotatable bonds is 4. The topological polar surface area (TPSA) is 79.8 Å². The predicted molar refractivity (Wildman–Crippen MR) is 91.2 cm³/mol. The van der Waals surface area contributed by atoms with E-state index >= 15 is 0 Å². The number of aromatic nitrogens is 1. The summed E-state index contributed by atoms with van der Waals surface area (Å²) in [6.07, 6.45) is 2.92. The fourth-order valence-electron chi connectivity index (χ4n) is 3.07. The van der Waals surface area contributed by atoms with Crippen LogP contribution >= 0.6 is 11.8 Å². The molecule has 2 fully saturated rings. The van der Waals surface area contributed by atoms with Gasteiger partial charge < -0.3 is 9.64 Å². The molecular weight excluding hydrogens is 350 g/mol. The largest absolute Gasteiger partial charge is 0.379 e. The SMILES string of the molecule is CS(=O)(=O)N1C[C@H]2COC[C@@H]1CN(C(=O)CSc1ccccn1)C2. The first-order valence-electron chi connectivity index (χ1n) is 7.79. The minimum absolute atomic E-state index is 0.0102. The summed E-state index contributed by atoms with van der Waals surface area (Å²) in [5.74, 6) is 0.324. The number of nitrogens with zero attached hydrogens (tertiary/aromatic N) is 3. The highest BCUT2D eigenvalue weighted by atomic mass is 32.2. The monoisotopic (exact) mass is 371 g/mol. The van der Waals surface area contributed by atoms with Crippen molar-refractivity contribution in [3.63, 3.8) is 0 Å². The second-order valence-corrected chi connectivity index (χ2v) is 9.08. The lowest BCUT2D eigenvalue weighted by Crippen LogP contribution is -2.47. The second-order valence-electron chi connectivity index (χ2n) is 6.15. The molecule has 3 heterocycles. The van der Waals surface area contributed by atoms with Crippen LogP contribution in [0.5, 0.6) is 0 Å². The van der Waals surface area contributed by atoms with Gasteiger partial charge in [0.05, 0.1) is 36.3 Å². The number of sulfonamides is 1. The molecule has 0 N–H and O–H groups in total. The summed E-state index contributed by atoms with van der Waals surface area (Å²) in [5, 5.41) is 0.807. The van der Waals surface area contributed by atoms with Crippen molar-refractivity contribution in [2.45, 2.75) is 11.1 Å². The summed E-state index contributed by atoms with van der Waals surface area (Å²) in [4.78, 5) is 18.6. The van der Waals surface area contributed by atoms with Crippen LogP contribution in [0.25, 0.3) is 0 Å². The normalized spacial score (nSPS) is 25.3. The van der Waals surface area contributed by atoms with Gasteiger partial charge in [-0.25, -0.2) is 13.4 Å². The third kappa shape index (κ3) is 4.27. The number of fused-ring (bicyclic) bond motifs is 3. The first kappa shape index (κ1) is 17.7. The van der Waals surface area contributed by atoms with Gasteiger partial charge in [0, 0.05) is 31.7 Å². The van der Waals surface area contributed by atoms with Crippen LogP contribution in [-0.2, 0) is 19.6 Å². The van der Waals surface area contributed by atoms with Crippen molar-refractivity contribution in [2.24, 2.45) is 5.92 Å². The van der Waals surface area contributed by atoms with Gasteiger partial charge in [0.2, 0.25) is 15.9 Å². The molecule has 1 aromatic heterocycles. The number of thioether (sulfide) groups is 1. The molecule has 2 bridgehead atoms. The Morgan fingerprint density at radius 1 is 1.33 bits per heavy atom. The van der Waals surface area contributed by atoms with Crippen LogP contribution in [0.2, 0.25) is 0 Å². The zero-order valence-corrected chi connectivity index (χ0v) is 15.1. The summed E-state index contributed by atoms with van der Waals surface area (Å²) in [6.45, 7) is 2.15. The van der Waals surface area contributed by atoms with Gasteiger partial charge in [0.15, 0.2) is 0 Å². The summed E-state index contributed by atoms with van der Waals surface area (Å²) in [5.41, 5.74) is 0. The smallest absolute Gasteiger partial charge is 0.233 e. The molecule has 24 heavy (non-hydrogen) atoms. The molecule has 9 heteroatoms. The average molecular weight is 371 g/mol. The van der Waals surface area contributed by atoms with E-state index in [4.69, 9.17) is 4.74 Å². The lowest BCUT2D eigenvalue weighted by Gasteiger charge is -2.30. The third-order valence-electron chi connectivity index (χ3n) is 4.18. The van der Waals surface area contributed by atoms with E-state index in [1.54, 1.807) is 11.1 Å². The standard InChI is InChI=1S/C15H21N3O4S2/c1-24(20,21)18-7-12-6-17(8-13(18)10-22-9-12)15(19)11-23-14-4-2-3-5-16-14/h2-5,12-13H,6-11H2,1H3/t12-,13-/m0/s1. The average Bonchev–Trinajstić information content (AvgIpc) is 2.84. The molecule has 3 rings (SSSR count). The zero-order chi connectivity index (χ0) is 17.2. The number of hydrogen-bond donors (Lipinski definition) is 0. The maximum atomic E-state index is 12.6. The van der Waals surface area contributed by atoms with E-state index in [1.807, 2.05) is 18.2 Å². The Morgan fingerprint density at radius 3 is 2.88 bits per heavy atom. The van der Waals surface area contributed by atoms with E-state index in [1.165, 1.54) is 22.3 Å². The van der Waals surface area contributed by atoms with Crippen LogP contribution < -0.4 is 0 Å². The molecule has 2 aliphatic rings. The number of carbonyl (C=O) groups excluding carboxylic acids is 1. The van der Waals surface area contributed by atoms with Crippen molar-refractivity contribution in [2.75, 3.05) is 44.9 Å². The zero-order valence-electron chi connectivity index (χ0n) is 13.5. The van der Waals surface area contributed by atoms with E-state index in [9.17, 15) is 13.2 Å². The summed E-state index contributed by atoms with van der Waals surface area (Å²) >= 11 is 1.40. The molecule has 1 aromatic rings. The Kier molecular flexibility index (Phi) is 5.43. The van der Waals surface area contributed by atoms with Crippen molar-refractivity contribution in [3.8, 4) is 0 Å². The molecule has 1 amide bonds. The molecule has 0 saturated carbocycles. The molecule has 2 aliphatic heterocycles. The van der Waals surface area contributed by atoms with Gasteiger partial charge in [0.1, 0.15) is 0 Å². The molecule has 0 radical (unpaired) electrons. The van der Waals surface area contributed by atoms with Crippen molar-refractivity contribution < 1.29 is 17.9 Å². The summed E-state index contributed by atoms with van der Waals surface area (Å²) < 4.78 is 31.1. The fourth-order valence-corrected chi connectivity index (χ4v) is 4.99. The minimum Gasteiger partial charge on any atom is -0.379 e. The van der Waals surface area contributed by atoms with Gasteiger partial charge in [-0.2, -0.15) is 4.31 Å². The van der Waals surface area contributed by atoms with Gasteiger partial charge in [-0.1, -0.05) is 17.8 Å². The fraction of sp³-hybridized carbons (Fsp3) is 0.600. The maximum absolute atomic E-state index is 12.6. The highest BCUT2D eigenvalue weighted by molar-refractivity contribution is 7.99. The molecular formula is C15H21N3O4S2. The molecule has 0 unspecified atom stereocenters. The molecule has 0 aromatic carbocycles. The Morgan fingerprint density at radius 2 is 2.17 bits per heavy atom. The summed E-state index contributed by atoms with van der Waals surface area (Å²) in [7, 11) is -3.31. The van der Waals surface area contributed by atoms with Crippen LogP contribution in [0.4, 0.5) is 0 Å². The van der Waals surface area contributed by atoms with Crippen LogP contribution in [-0.4, -0.2) is 79.4 Å². The molecule has 7 nitrogen and oxygen atoms in total. The van der Waals surface area contributed by atoms with Crippen molar-refractivity contribution in [1.82, 2.24) is 14.2 Å². The molecule has 0 aliphatic carbocycles. The van der Waals surface area contributed by atoms with Crippen molar-refractivity contribution >= 4 is 27.7 Å². The minimum atomic E-state index is -3.31. The number of pyridine rings is 1. The van der Waals surface area contributed by atoms with Crippen molar-refractivity contribution in [1.29, 1.82) is 0 Å². The van der Waals surface area contributed by atoms with E-state index in [0.717, 1.165) is 5.03 Å². The Labute approximate surface area is 146 Å². The Bertz CT molecular complexity index is 683. The Hall–Kier alpha value is -1.16. The van der Waals surface area contributed by atoms with Crippen LogP contribution in [0.3, 0.4) is 0 Å². The number of amides is 1. The van der Waals surface area contributed by atoms with Crippen LogP contribution in [0.1, 0.15) is 0 Å². The predicted octanol–water partition coefficient (Wildman–Crippen LogP) is 0.292. The van der Waals surface area contributed by atoms with Gasteiger partial charge in [0.25, 0.3) is 0 Å². The van der Waals surface area contributed by atoms with Gasteiger partial charge >= 0.3 is 0 Å². The van der Waals surface area contributed by atoms with Gasteiger partial charge in [-0.15, -0.1) is 0 Å². The van der Waals surface area contributed by atoms with E-state index in [0.29, 0.717) is 38.6 Å². The first-order valence-corrected chi connectivity index (χ1v) is 10.6. The van der Waals surface area contributed by atoms with Gasteiger partial charge in [-0.3, -0.25) is 4.79 Å². The van der Waals surface area contributed by atoms with Crippen LogP contribution in [0.15, 0.2) is 29.4 Å². The van der Waals surface area contributed by atoms with Crippen molar-refractivity contribution in [3.05, 3.63) is 24.4 Å².